The summed E-state index contributed by atoms with van der Waals surface area (Å²) in [6.07, 6.45) is 0. The van der Waals surface area contributed by atoms with E-state index in [-0.39, 0.29) is 0 Å². The Balaban J connectivity index is 2.12. The maximum absolute atomic E-state index is 5.59. The van der Waals surface area contributed by atoms with Gasteiger partial charge >= 0.3 is 0 Å². The van der Waals surface area contributed by atoms with Crippen molar-refractivity contribution in [1.29, 1.82) is 0 Å². The van der Waals surface area contributed by atoms with E-state index in [0.29, 0.717) is 0 Å². The number of methoxy groups -OCH3 is 2. The van der Waals surface area contributed by atoms with Crippen molar-refractivity contribution < 1.29 is 9.47 Å². The van der Waals surface area contributed by atoms with E-state index in [9.17, 15) is 0 Å². The summed E-state index contributed by atoms with van der Waals surface area (Å²) in [5.74, 6) is 1.58. The Labute approximate surface area is 155 Å². The van der Waals surface area contributed by atoms with Crippen LogP contribution in [-0.4, -0.2) is 14.2 Å². The number of aryl methyl sites for hydroxylation is 2. The molecule has 4 heteroatoms. The van der Waals surface area contributed by atoms with Gasteiger partial charge in [0.15, 0.2) is 0 Å². The lowest BCUT2D eigenvalue weighted by Crippen LogP contribution is -1.91. The first-order valence-electron chi connectivity index (χ1n) is 7.63. The van der Waals surface area contributed by atoms with Gasteiger partial charge in [0.25, 0.3) is 0 Å². The minimum absolute atomic E-state index is 0.773. The molecule has 0 aliphatic heterocycles. The molecule has 2 aromatic carbocycles. The zero-order chi connectivity index (χ0) is 17.3. The molecule has 0 atom stereocenters. The Kier molecular flexibility index (Phi) is 4.97. The molecule has 0 radical (unpaired) electrons. The fourth-order valence-corrected chi connectivity index (χ4v) is 4.57. The number of benzene rings is 2. The molecule has 0 amide bonds. The third-order valence-electron chi connectivity index (χ3n) is 4.01. The zero-order valence-electron chi connectivity index (χ0n) is 14.1. The number of ether oxygens (including phenoxy) is 2. The summed E-state index contributed by atoms with van der Waals surface area (Å²) in [7, 11) is 3.34. The Morgan fingerprint density at radius 2 is 1.62 bits per heavy atom. The largest absolute Gasteiger partial charge is 0.497 e. The molecule has 1 aromatic heterocycles. The van der Waals surface area contributed by atoms with Gasteiger partial charge in [0.2, 0.25) is 0 Å². The average molecular weight is 403 g/mol. The van der Waals surface area contributed by atoms with E-state index in [4.69, 9.17) is 9.47 Å². The normalized spacial score (nSPS) is 10.7. The fourth-order valence-electron chi connectivity index (χ4n) is 2.70. The second-order valence-electron chi connectivity index (χ2n) is 5.63. The van der Waals surface area contributed by atoms with E-state index in [1.165, 1.54) is 26.4 Å². The highest BCUT2D eigenvalue weighted by atomic mass is 79.9. The van der Waals surface area contributed by atoms with Crippen LogP contribution in [0.15, 0.2) is 46.9 Å². The van der Waals surface area contributed by atoms with Gasteiger partial charge in [-0.2, -0.15) is 0 Å². The summed E-state index contributed by atoms with van der Waals surface area (Å²) in [5, 5.41) is 0. The number of halogens is 1. The molecule has 0 unspecified atom stereocenters. The molecule has 2 nitrogen and oxygen atoms in total. The lowest BCUT2D eigenvalue weighted by Gasteiger charge is -2.11. The van der Waals surface area contributed by atoms with Crippen LogP contribution in [0.5, 0.6) is 11.5 Å². The van der Waals surface area contributed by atoms with Gasteiger partial charge in [-0.05, 0) is 53.0 Å². The molecule has 3 aromatic rings. The molecule has 0 spiro atoms. The average Bonchev–Trinajstić information content (AvgIpc) is 2.95. The molecule has 0 saturated carbocycles. The van der Waals surface area contributed by atoms with Gasteiger partial charge in [0.05, 0.1) is 14.2 Å². The van der Waals surface area contributed by atoms with Crippen molar-refractivity contribution in [1.82, 2.24) is 0 Å². The minimum atomic E-state index is 0.773. The summed E-state index contributed by atoms with van der Waals surface area (Å²) in [6.45, 7) is 4.27. The molecule has 24 heavy (non-hydrogen) atoms. The Hall–Kier alpha value is -1.78. The molecule has 0 bridgehead atoms. The highest BCUT2D eigenvalue weighted by Gasteiger charge is 2.17. The molecule has 1 heterocycles. The molecule has 3 rings (SSSR count). The second kappa shape index (κ2) is 6.99. The van der Waals surface area contributed by atoms with E-state index in [2.05, 4.69) is 60.1 Å². The van der Waals surface area contributed by atoms with Crippen molar-refractivity contribution in [3.63, 3.8) is 0 Å². The molecule has 0 aliphatic carbocycles. The van der Waals surface area contributed by atoms with Crippen LogP contribution in [0.2, 0.25) is 0 Å². The first-order chi connectivity index (χ1) is 11.5. The van der Waals surface area contributed by atoms with Gasteiger partial charge in [-0.15, -0.1) is 11.3 Å². The van der Waals surface area contributed by atoms with E-state index in [0.717, 1.165) is 21.5 Å². The van der Waals surface area contributed by atoms with Crippen molar-refractivity contribution >= 4 is 27.3 Å². The van der Waals surface area contributed by atoms with Crippen LogP contribution >= 0.6 is 27.3 Å². The predicted octanol–water partition coefficient (Wildman–Crippen LogP) is 6.48. The van der Waals surface area contributed by atoms with Crippen LogP contribution in [0.4, 0.5) is 0 Å². The molecule has 0 fully saturated rings. The minimum Gasteiger partial charge on any atom is -0.497 e. The molecule has 0 N–H and O–H groups in total. The second-order valence-corrected chi connectivity index (χ2v) is 7.74. The van der Waals surface area contributed by atoms with Crippen molar-refractivity contribution in [3.05, 3.63) is 57.4 Å². The fraction of sp³-hybridized carbons (Fsp3) is 0.200. The number of hydrogen-bond donors (Lipinski definition) is 0. The third kappa shape index (κ3) is 3.21. The van der Waals surface area contributed by atoms with E-state index in [1.807, 2.05) is 12.1 Å². The number of rotatable bonds is 4. The van der Waals surface area contributed by atoms with Crippen molar-refractivity contribution in [3.8, 4) is 33.1 Å². The van der Waals surface area contributed by atoms with Crippen molar-refractivity contribution in [2.75, 3.05) is 14.2 Å². The maximum atomic E-state index is 5.59. The summed E-state index contributed by atoms with van der Waals surface area (Å²) >= 11 is 5.44. The van der Waals surface area contributed by atoms with E-state index >= 15 is 0 Å². The lowest BCUT2D eigenvalue weighted by molar-refractivity contribution is 0.395. The van der Waals surface area contributed by atoms with Gasteiger partial charge in [-0.3, -0.25) is 0 Å². The Bertz CT molecular complexity index is 866. The van der Waals surface area contributed by atoms with Crippen LogP contribution < -0.4 is 9.47 Å². The van der Waals surface area contributed by atoms with Crippen LogP contribution in [0.25, 0.3) is 21.6 Å². The Morgan fingerprint density at radius 1 is 0.917 bits per heavy atom. The summed E-state index contributed by atoms with van der Waals surface area (Å²) in [6, 6.07) is 14.8. The molecule has 0 saturated heterocycles. The van der Waals surface area contributed by atoms with Crippen LogP contribution in [0.1, 0.15) is 10.4 Å². The molecule has 0 aliphatic rings. The topological polar surface area (TPSA) is 18.5 Å². The van der Waals surface area contributed by atoms with E-state index < -0.39 is 0 Å². The monoisotopic (exact) mass is 402 g/mol. The highest BCUT2D eigenvalue weighted by molar-refractivity contribution is 9.10. The molecule has 124 valence electrons. The lowest BCUT2D eigenvalue weighted by atomic mass is 10.0. The van der Waals surface area contributed by atoms with Gasteiger partial charge in [-0.25, -0.2) is 0 Å². The van der Waals surface area contributed by atoms with Crippen molar-refractivity contribution in [2.24, 2.45) is 0 Å². The number of thiophene rings is 1. The van der Waals surface area contributed by atoms with Gasteiger partial charge < -0.3 is 9.47 Å². The van der Waals surface area contributed by atoms with Crippen molar-refractivity contribution in [2.45, 2.75) is 13.8 Å². The summed E-state index contributed by atoms with van der Waals surface area (Å²) in [5.41, 5.74) is 4.83. The smallest absolute Gasteiger partial charge is 0.132 e. The summed E-state index contributed by atoms with van der Waals surface area (Å²) in [4.78, 5) is 2.47. The maximum Gasteiger partial charge on any atom is 0.132 e. The summed E-state index contributed by atoms with van der Waals surface area (Å²) < 4.78 is 11.9. The standard InChI is InChI=1S/C20H19BrO2S/c1-12-5-7-14(8-6-12)16-11-19(24-13(16)2)20-17(21)9-15(22-3)10-18(20)23-4/h5-11H,1-4H3. The Morgan fingerprint density at radius 3 is 2.25 bits per heavy atom. The zero-order valence-corrected chi connectivity index (χ0v) is 16.5. The van der Waals surface area contributed by atoms with Crippen LogP contribution in [0, 0.1) is 13.8 Å². The quantitative estimate of drug-likeness (QED) is 0.497. The van der Waals surface area contributed by atoms with Crippen LogP contribution in [-0.2, 0) is 0 Å². The van der Waals surface area contributed by atoms with Gasteiger partial charge in [0, 0.05) is 25.9 Å². The first kappa shape index (κ1) is 17.1. The number of hydrogen-bond acceptors (Lipinski definition) is 3. The van der Waals surface area contributed by atoms with E-state index in [1.54, 1.807) is 25.6 Å². The predicted molar refractivity (Wildman–Crippen MR) is 105 cm³/mol. The first-order valence-corrected chi connectivity index (χ1v) is 9.23. The SMILES string of the molecule is COc1cc(Br)c(-c2cc(-c3ccc(C)cc3)c(C)s2)c(OC)c1. The van der Waals surface area contributed by atoms with Crippen LogP contribution in [0.3, 0.4) is 0 Å². The highest BCUT2D eigenvalue weighted by Crippen LogP contribution is 2.45. The molecular weight excluding hydrogens is 384 g/mol. The van der Waals surface area contributed by atoms with Gasteiger partial charge in [0.1, 0.15) is 11.5 Å². The van der Waals surface area contributed by atoms with Gasteiger partial charge in [-0.1, -0.05) is 29.8 Å². The third-order valence-corrected chi connectivity index (χ3v) is 5.70. The molecular formula is C20H19BrO2S.